The molecular formula is C19H20N2O6S. The minimum absolute atomic E-state index is 0.174. The summed E-state index contributed by atoms with van der Waals surface area (Å²) in [7, 11) is 0. The topological polar surface area (TPSA) is 113 Å². The highest BCUT2D eigenvalue weighted by Crippen LogP contribution is 2.40. The maximum atomic E-state index is 12.6. The molecule has 0 bridgehead atoms. The van der Waals surface area contributed by atoms with E-state index < -0.39 is 29.3 Å². The first-order valence-electron chi connectivity index (χ1n) is 8.61. The molecule has 8 nitrogen and oxygen atoms in total. The predicted molar refractivity (Wildman–Crippen MR) is 102 cm³/mol. The third-order valence-electron chi connectivity index (χ3n) is 4.47. The summed E-state index contributed by atoms with van der Waals surface area (Å²) in [6.45, 7) is 4.81. The van der Waals surface area contributed by atoms with E-state index in [2.05, 4.69) is 5.32 Å². The molecule has 0 aromatic heterocycles. The second-order valence-corrected chi connectivity index (χ2v) is 7.88. The van der Waals surface area contributed by atoms with Gasteiger partial charge in [0.05, 0.1) is 0 Å². The van der Waals surface area contributed by atoms with Crippen molar-refractivity contribution in [2.45, 2.75) is 32.2 Å². The quantitative estimate of drug-likeness (QED) is 0.560. The summed E-state index contributed by atoms with van der Waals surface area (Å²) >= 11 is 1.33. The van der Waals surface area contributed by atoms with Gasteiger partial charge in [0.2, 0.25) is 0 Å². The van der Waals surface area contributed by atoms with Crippen molar-refractivity contribution in [1.82, 2.24) is 10.2 Å². The molecule has 28 heavy (non-hydrogen) atoms. The fourth-order valence-electron chi connectivity index (χ4n) is 3.31. The number of fused-ring (bicyclic) bond motifs is 1. The maximum Gasteiger partial charge on any atom is 0.352 e. The van der Waals surface area contributed by atoms with Crippen molar-refractivity contribution < 1.29 is 29.0 Å². The number of nitrogens with one attached hydrogen (secondary N) is 1. The average molecular weight is 404 g/mol. The molecule has 1 aromatic rings. The molecular weight excluding hydrogens is 384 g/mol. The van der Waals surface area contributed by atoms with Crippen molar-refractivity contribution in [2.75, 3.05) is 12.4 Å². The number of carbonyl (C=O) groups is 4. The first-order chi connectivity index (χ1) is 13.2. The van der Waals surface area contributed by atoms with E-state index in [4.69, 9.17) is 4.74 Å². The number of benzene rings is 1. The lowest BCUT2D eigenvalue weighted by Crippen LogP contribution is -2.70. The molecule has 2 atom stereocenters. The SMILES string of the molecule is CC(=O)OCC1=C(C(=O)O)N2C(=O)[C@H](NC(=O)c3cc(C)cc(C)c3)[C@@H]2SC1. The van der Waals surface area contributed by atoms with Gasteiger partial charge in [-0.25, -0.2) is 4.79 Å². The van der Waals surface area contributed by atoms with Gasteiger partial charge in [-0.05, 0) is 26.0 Å². The van der Waals surface area contributed by atoms with Gasteiger partial charge in [0.15, 0.2) is 0 Å². The van der Waals surface area contributed by atoms with Crippen LogP contribution in [0.3, 0.4) is 0 Å². The largest absolute Gasteiger partial charge is 0.477 e. The van der Waals surface area contributed by atoms with Crippen LogP contribution in [-0.2, 0) is 19.1 Å². The number of β-lactam (4-membered cyclic amide) rings is 1. The molecule has 2 aliphatic heterocycles. The van der Waals surface area contributed by atoms with Crippen LogP contribution in [0.2, 0.25) is 0 Å². The summed E-state index contributed by atoms with van der Waals surface area (Å²) in [4.78, 5) is 49.0. The van der Waals surface area contributed by atoms with Crippen LogP contribution in [0.4, 0.5) is 0 Å². The Balaban J connectivity index is 1.77. The van der Waals surface area contributed by atoms with Crippen molar-refractivity contribution in [3.63, 3.8) is 0 Å². The second kappa shape index (κ2) is 7.67. The van der Waals surface area contributed by atoms with Crippen LogP contribution in [0.15, 0.2) is 29.5 Å². The van der Waals surface area contributed by atoms with Gasteiger partial charge >= 0.3 is 11.9 Å². The monoisotopic (exact) mass is 404 g/mol. The molecule has 148 valence electrons. The molecule has 1 fully saturated rings. The van der Waals surface area contributed by atoms with Gasteiger partial charge in [0.1, 0.15) is 23.7 Å². The Hall–Kier alpha value is -2.81. The minimum Gasteiger partial charge on any atom is -0.477 e. The van der Waals surface area contributed by atoms with Crippen LogP contribution in [0, 0.1) is 13.8 Å². The highest BCUT2D eigenvalue weighted by molar-refractivity contribution is 8.00. The number of thioether (sulfide) groups is 1. The van der Waals surface area contributed by atoms with Crippen molar-refractivity contribution in [2.24, 2.45) is 0 Å². The zero-order valence-electron chi connectivity index (χ0n) is 15.6. The summed E-state index contributed by atoms with van der Waals surface area (Å²) in [5, 5.41) is 11.7. The van der Waals surface area contributed by atoms with E-state index in [9.17, 15) is 24.3 Å². The number of carbonyl (C=O) groups excluding carboxylic acids is 3. The first kappa shape index (κ1) is 19.9. The van der Waals surface area contributed by atoms with Crippen molar-refractivity contribution in [3.05, 3.63) is 46.2 Å². The Morgan fingerprint density at radius 1 is 1.25 bits per heavy atom. The molecule has 2 amide bonds. The van der Waals surface area contributed by atoms with E-state index in [0.29, 0.717) is 16.9 Å². The molecule has 0 saturated carbocycles. The molecule has 2 aliphatic rings. The van der Waals surface area contributed by atoms with E-state index >= 15 is 0 Å². The number of esters is 1. The normalized spacial score (nSPS) is 21.0. The Morgan fingerprint density at radius 2 is 1.89 bits per heavy atom. The number of aliphatic carboxylic acids is 1. The number of carboxylic acids is 1. The summed E-state index contributed by atoms with van der Waals surface area (Å²) in [6, 6.07) is 4.61. The maximum absolute atomic E-state index is 12.6. The Morgan fingerprint density at radius 3 is 2.46 bits per heavy atom. The van der Waals surface area contributed by atoms with E-state index in [-0.39, 0.29) is 18.2 Å². The van der Waals surface area contributed by atoms with Crippen LogP contribution in [-0.4, -0.2) is 57.5 Å². The Bertz CT molecular complexity index is 889. The van der Waals surface area contributed by atoms with Crippen LogP contribution in [0.5, 0.6) is 0 Å². The van der Waals surface area contributed by atoms with E-state index in [1.807, 2.05) is 19.9 Å². The Labute approximate surface area is 165 Å². The summed E-state index contributed by atoms with van der Waals surface area (Å²) in [5.74, 6) is -2.37. The molecule has 0 aliphatic carbocycles. The molecule has 2 heterocycles. The molecule has 2 N–H and O–H groups in total. The minimum atomic E-state index is -1.26. The van der Waals surface area contributed by atoms with Crippen LogP contribution in [0.1, 0.15) is 28.4 Å². The van der Waals surface area contributed by atoms with E-state index in [1.165, 1.54) is 18.7 Å². The molecule has 3 rings (SSSR count). The zero-order chi connectivity index (χ0) is 20.6. The lowest BCUT2D eigenvalue weighted by Gasteiger charge is -2.49. The molecule has 9 heteroatoms. The van der Waals surface area contributed by atoms with Gasteiger partial charge in [-0.1, -0.05) is 17.2 Å². The molecule has 0 radical (unpaired) electrons. The average Bonchev–Trinajstić information content (AvgIpc) is 2.62. The number of hydrogen-bond acceptors (Lipinski definition) is 6. The number of amides is 2. The number of nitrogens with zero attached hydrogens (tertiary/aromatic N) is 1. The van der Waals surface area contributed by atoms with Crippen LogP contribution < -0.4 is 5.32 Å². The van der Waals surface area contributed by atoms with E-state index in [1.54, 1.807) is 12.1 Å². The fourth-order valence-corrected chi connectivity index (χ4v) is 4.64. The van der Waals surface area contributed by atoms with Gasteiger partial charge in [-0.2, -0.15) is 0 Å². The highest BCUT2D eigenvalue weighted by atomic mass is 32.2. The lowest BCUT2D eigenvalue weighted by molar-refractivity contribution is -0.149. The highest BCUT2D eigenvalue weighted by Gasteiger charge is 2.54. The van der Waals surface area contributed by atoms with Crippen molar-refractivity contribution >= 4 is 35.5 Å². The van der Waals surface area contributed by atoms with Crippen molar-refractivity contribution in [1.29, 1.82) is 0 Å². The van der Waals surface area contributed by atoms with Crippen LogP contribution >= 0.6 is 11.8 Å². The zero-order valence-corrected chi connectivity index (χ0v) is 16.5. The summed E-state index contributed by atoms with van der Waals surface area (Å²) in [6.07, 6.45) is 0. The number of ether oxygens (including phenoxy) is 1. The third kappa shape index (κ3) is 3.75. The van der Waals surface area contributed by atoms with Gasteiger partial charge in [0, 0.05) is 23.8 Å². The Kier molecular flexibility index (Phi) is 5.46. The predicted octanol–water partition coefficient (Wildman–Crippen LogP) is 1.22. The van der Waals surface area contributed by atoms with Crippen LogP contribution in [0.25, 0.3) is 0 Å². The number of aryl methyl sites for hydroxylation is 2. The summed E-state index contributed by atoms with van der Waals surface area (Å²) in [5.41, 5.74) is 2.51. The third-order valence-corrected chi connectivity index (χ3v) is 5.81. The molecule has 0 unspecified atom stereocenters. The number of rotatable bonds is 5. The lowest BCUT2D eigenvalue weighted by atomic mass is 10.0. The molecule has 1 saturated heterocycles. The van der Waals surface area contributed by atoms with Gasteiger partial charge in [-0.15, -0.1) is 11.8 Å². The number of carboxylic acid groups (broad SMARTS) is 1. The van der Waals surface area contributed by atoms with Gasteiger partial charge < -0.3 is 15.2 Å². The van der Waals surface area contributed by atoms with Gasteiger partial charge in [-0.3, -0.25) is 19.3 Å². The standard InChI is InChI=1S/C19H20N2O6S/c1-9-4-10(2)6-12(5-9)16(23)20-14-17(24)21-15(19(25)26)13(7-27-11(3)22)8-28-18(14)21/h4-6,14,18H,7-8H2,1-3H3,(H,20,23)(H,25,26)/t14-,18-/m0/s1. The van der Waals surface area contributed by atoms with E-state index in [0.717, 1.165) is 16.0 Å². The van der Waals surface area contributed by atoms with Gasteiger partial charge in [0.25, 0.3) is 11.8 Å². The fraction of sp³-hybridized carbons (Fsp3) is 0.368. The van der Waals surface area contributed by atoms with Crippen molar-refractivity contribution in [3.8, 4) is 0 Å². The smallest absolute Gasteiger partial charge is 0.352 e. The summed E-state index contributed by atoms with van der Waals surface area (Å²) < 4.78 is 4.90. The molecule has 0 spiro atoms. The molecule has 1 aromatic carbocycles. The second-order valence-electron chi connectivity index (χ2n) is 6.77. The first-order valence-corrected chi connectivity index (χ1v) is 9.66. The number of hydrogen-bond donors (Lipinski definition) is 2.